The van der Waals surface area contributed by atoms with E-state index >= 15 is 0 Å². The van der Waals surface area contributed by atoms with Crippen molar-refractivity contribution in [1.82, 2.24) is 40.4 Å². The predicted octanol–water partition coefficient (Wildman–Crippen LogP) is 7.45. The topological polar surface area (TPSA) is 175 Å². The molecule has 14 nitrogen and oxygen atoms in total. The predicted molar refractivity (Wildman–Crippen MR) is 222 cm³/mol. The number of carbonyl (C=O) groups is 4. The molecule has 1 aliphatic rings. The normalized spacial score (nSPS) is 15.1. The van der Waals surface area contributed by atoms with Crippen molar-refractivity contribution in [3.05, 3.63) is 84.7 Å². The van der Waals surface area contributed by atoms with Gasteiger partial charge in [-0.15, -0.1) is 0 Å². The van der Waals surface area contributed by atoms with Gasteiger partial charge in [-0.2, -0.15) is 0 Å². The number of fused-ring (bicyclic) bond motifs is 1. The maximum absolute atomic E-state index is 13.7. The van der Waals surface area contributed by atoms with E-state index in [-0.39, 0.29) is 36.2 Å². The third kappa shape index (κ3) is 9.01. The third-order valence-electron chi connectivity index (χ3n) is 10.7. The number of aromatic nitrogens is 4. The number of likely N-dealkylation sites (tertiary alicyclic amines) is 1. The molecule has 5 aromatic rings. The van der Waals surface area contributed by atoms with Crippen molar-refractivity contribution in [2.24, 2.45) is 11.8 Å². The third-order valence-corrected chi connectivity index (χ3v) is 10.7. The molecule has 3 unspecified atom stereocenters. The lowest BCUT2D eigenvalue weighted by molar-refractivity contribution is -0.136. The van der Waals surface area contributed by atoms with Crippen LogP contribution in [-0.4, -0.2) is 93.1 Å². The highest BCUT2D eigenvalue weighted by molar-refractivity contribution is 6.04. The highest BCUT2D eigenvalue weighted by atomic mass is 16.5. The van der Waals surface area contributed by atoms with Gasteiger partial charge >= 0.3 is 12.2 Å². The quantitative estimate of drug-likeness (QED) is 0.0898. The minimum Gasteiger partial charge on any atom is -0.453 e. The first-order chi connectivity index (χ1) is 27.9. The molecular formula is C44H54N8O6. The number of hydrogen-bond donors (Lipinski definition) is 4. The van der Waals surface area contributed by atoms with Crippen molar-refractivity contribution in [3.8, 4) is 33.6 Å². The Hall–Kier alpha value is -6.18. The Bertz CT molecular complexity index is 2230. The Morgan fingerprint density at radius 2 is 1.40 bits per heavy atom. The number of carbonyl (C=O) groups excluding carboxylic acids is 4. The van der Waals surface area contributed by atoms with Crippen LogP contribution in [0.4, 0.5) is 9.59 Å². The number of nitrogens with one attached hydrogen (secondary N) is 4. The first-order valence-electron chi connectivity index (χ1n) is 19.9. The fourth-order valence-corrected chi connectivity index (χ4v) is 7.65. The van der Waals surface area contributed by atoms with Gasteiger partial charge < -0.3 is 39.9 Å². The molecule has 4 amide bonds. The first-order valence-corrected chi connectivity index (χ1v) is 19.9. The average Bonchev–Trinajstić information content (AvgIpc) is 4.02. The first kappa shape index (κ1) is 41.5. The molecule has 3 aromatic carbocycles. The van der Waals surface area contributed by atoms with Crippen molar-refractivity contribution in [2.75, 3.05) is 27.3 Å². The van der Waals surface area contributed by atoms with Crippen LogP contribution in [0.5, 0.6) is 0 Å². The molecule has 306 valence electrons. The molecule has 2 aromatic heterocycles. The molecule has 58 heavy (non-hydrogen) atoms. The number of rotatable bonds is 14. The Morgan fingerprint density at radius 3 is 2.03 bits per heavy atom. The van der Waals surface area contributed by atoms with Crippen molar-refractivity contribution in [2.45, 2.75) is 78.6 Å². The van der Waals surface area contributed by atoms with E-state index in [0.29, 0.717) is 24.7 Å². The van der Waals surface area contributed by atoms with Gasteiger partial charge in [0.05, 0.1) is 50.6 Å². The molecule has 14 heteroatoms. The van der Waals surface area contributed by atoms with Crippen LogP contribution in [0.2, 0.25) is 0 Å². The molecule has 1 aliphatic heterocycles. The van der Waals surface area contributed by atoms with Crippen LogP contribution in [0.25, 0.3) is 44.4 Å². The van der Waals surface area contributed by atoms with E-state index < -0.39 is 24.3 Å². The number of imidazole rings is 2. The van der Waals surface area contributed by atoms with Crippen molar-refractivity contribution in [3.63, 3.8) is 0 Å². The molecule has 3 heterocycles. The lowest BCUT2D eigenvalue weighted by Gasteiger charge is -2.30. The van der Waals surface area contributed by atoms with E-state index in [9.17, 15) is 19.2 Å². The smallest absolute Gasteiger partial charge is 0.407 e. The van der Waals surface area contributed by atoms with Gasteiger partial charge in [0.2, 0.25) is 11.8 Å². The minimum atomic E-state index is -0.718. The maximum Gasteiger partial charge on any atom is 0.407 e. The summed E-state index contributed by atoms with van der Waals surface area (Å²) >= 11 is 0. The molecule has 3 atom stereocenters. The highest BCUT2D eigenvalue weighted by Gasteiger charge is 2.37. The zero-order valence-corrected chi connectivity index (χ0v) is 34.3. The van der Waals surface area contributed by atoms with Crippen LogP contribution in [-0.2, 0) is 25.6 Å². The molecule has 0 radical (unpaired) electrons. The number of hydrogen-bond acceptors (Lipinski definition) is 8. The lowest BCUT2D eigenvalue weighted by Crippen LogP contribution is -2.51. The summed E-state index contributed by atoms with van der Waals surface area (Å²) in [6, 6.07) is 19.1. The Morgan fingerprint density at radius 1 is 0.793 bits per heavy atom. The van der Waals surface area contributed by atoms with Crippen molar-refractivity contribution >= 4 is 34.8 Å². The fourth-order valence-electron chi connectivity index (χ4n) is 7.65. The average molecular weight is 791 g/mol. The summed E-state index contributed by atoms with van der Waals surface area (Å²) in [5, 5.41) is 7.53. The molecule has 6 rings (SSSR count). The number of benzene rings is 3. The largest absolute Gasteiger partial charge is 0.453 e. The van der Waals surface area contributed by atoms with Crippen LogP contribution in [0, 0.1) is 11.8 Å². The number of ether oxygens (including phenoxy) is 2. The SMILES string of the molecule is CCCN(Cc1ncc(-c2ccc(-c3ccc(-c4cnc(C5CCCN5C(=O)C(NC(=O)OC)C(C)C)[nH]4)c4ccccc34)cc2)[nH]1)C(=O)C(NC(=O)OC)C(C)C. The number of aromatic amines is 2. The van der Waals surface area contributed by atoms with E-state index in [1.807, 2.05) is 57.8 Å². The summed E-state index contributed by atoms with van der Waals surface area (Å²) in [5.41, 5.74) is 5.77. The summed E-state index contributed by atoms with van der Waals surface area (Å²) in [6.45, 7) is 11.0. The van der Waals surface area contributed by atoms with Crippen molar-refractivity contribution < 1.29 is 28.7 Å². The zero-order valence-electron chi connectivity index (χ0n) is 34.3. The molecular weight excluding hydrogens is 737 g/mol. The van der Waals surface area contributed by atoms with Gasteiger partial charge in [0.15, 0.2) is 0 Å². The monoisotopic (exact) mass is 790 g/mol. The van der Waals surface area contributed by atoms with Crippen LogP contribution in [0.1, 0.15) is 71.6 Å². The number of amides is 4. The number of alkyl carbamates (subject to hydrolysis) is 2. The second-order valence-corrected chi connectivity index (χ2v) is 15.4. The Kier molecular flexibility index (Phi) is 13.1. The van der Waals surface area contributed by atoms with Crippen LogP contribution in [0.15, 0.2) is 73.1 Å². The molecule has 0 bridgehead atoms. The second kappa shape index (κ2) is 18.4. The number of methoxy groups -OCH3 is 2. The summed E-state index contributed by atoms with van der Waals surface area (Å²) in [6.07, 6.45) is 4.69. The standard InChI is InChI=1S/C44H54N8O6/c1-8-21-51(41(53)38(26(2)3)49-43(55)57-6)25-37-45-23-34(47-37)29-17-15-28(16-18-29)30-19-20-33(32-13-10-9-12-31(30)32)35-24-46-40(48-35)36-14-11-22-52(36)42(54)39(27(4)5)50-44(56)58-7/h9-10,12-13,15-20,23-24,26-27,36,38-39H,8,11,14,21-22,25H2,1-7H3,(H,45,47)(H,46,48)(H,49,55)(H,50,56). The molecule has 0 saturated carbocycles. The van der Waals surface area contributed by atoms with Crippen molar-refractivity contribution in [1.29, 1.82) is 0 Å². The summed E-state index contributed by atoms with van der Waals surface area (Å²) in [5.74, 6) is 0.783. The molecule has 4 N–H and O–H groups in total. The lowest BCUT2D eigenvalue weighted by atomic mass is 9.93. The van der Waals surface area contributed by atoms with Gasteiger partial charge in [0.25, 0.3) is 0 Å². The fraction of sp³-hybridized carbons (Fsp3) is 0.409. The molecule has 0 aliphatic carbocycles. The van der Waals surface area contributed by atoms with Crippen LogP contribution < -0.4 is 10.6 Å². The van der Waals surface area contributed by atoms with Gasteiger partial charge in [0, 0.05) is 18.7 Å². The Labute approximate surface area is 339 Å². The summed E-state index contributed by atoms with van der Waals surface area (Å²) < 4.78 is 9.54. The number of nitrogens with zero attached hydrogens (tertiary/aromatic N) is 4. The number of H-pyrrole nitrogens is 2. The van der Waals surface area contributed by atoms with Crippen LogP contribution >= 0.6 is 0 Å². The van der Waals surface area contributed by atoms with E-state index in [1.54, 1.807) is 11.1 Å². The van der Waals surface area contributed by atoms with E-state index in [0.717, 1.165) is 63.7 Å². The molecule has 1 fully saturated rings. The molecule has 0 spiro atoms. The summed E-state index contributed by atoms with van der Waals surface area (Å²) in [4.78, 5) is 71.0. The van der Waals surface area contributed by atoms with Gasteiger partial charge in [-0.05, 0) is 58.6 Å². The van der Waals surface area contributed by atoms with Gasteiger partial charge in [-0.1, -0.05) is 95.3 Å². The van der Waals surface area contributed by atoms with E-state index in [1.165, 1.54) is 14.2 Å². The van der Waals surface area contributed by atoms with Crippen LogP contribution in [0.3, 0.4) is 0 Å². The van der Waals surface area contributed by atoms with E-state index in [4.69, 9.17) is 14.5 Å². The summed E-state index contributed by atoms with van der Waals surface area (Å²) in [7, 11) is 2.57. The van der Waals surface area contributed by atoms with Gasteiger partial charge in [0.1, 0.15) is 23.7 Å². The highest BCUT2D eigenvalue weighted by Crippen LogP contribution is 2.38. The van der Waals surface area contributed by atoms with Gasteiger partial charge in [-0.3, -0.25) is 9.59 Å². The van der Waals surface area contributed by atoms with E-state index in [2.05, 4.69) is 74.1 Å². The Balaban J connectivity index is 1.20. The minimum absolute atomic E-state index is 0.118. The zero-order chi connectivity index (χ0) is 41.5. The molecule has 1 saturated heterocycles. The van der Waals surface area contributed by atoms with Gasteiger partial charge in [-0.25, -0.2) is 19.6 Å². The second-order valence-electron chi connectivity index (χ2n) is 15.4. The maximum atomic E-state index is 13.7.